The molecule has 1 aliphatic carbocycles. The highest BCUT2D eigenvalue weighted by atomic mass is 35.5. The van der Waals surface area contributed by atoms with E-state index in [0.29, 0.717) is 23.1 Å². The number of nitrogens with zero attached hydrogens (tertiary/aromatic N) is 1. The van der Waals surface area contributed by atoms with Crippen molar-refractivity contribution in [3.63, 3.8) is 0 Å². The molecule has 1 aliphatic rings. The molecule has 25 heavy (non-hydrogen) atoms. The lowest BCUT2D eigenvalue weighted by Gasteiger charge is -2.28. The summed E-state index contributed by atoms with van der Waals surface area (Å²) in [4.78, 5) is 16.7. The van der Waals surface area contributed by atoms with E-state index in [1.165, 1.54) is 31.2 Å². The van der Waals surface area contributed by atoms with Crippen LogP contribution in [0.2, 0.25) is 5.15 Å². The molecule has 0 unspecified atom stereocenters. The van der Waals surface area contributed by atoms with Gasteiger partial charge in [0.1, 0.15) is 5.15 Å². The van der Waals surface area contributed by atoms with Gasteiger partial charge in [0.25, 0.3) is 0 Å². The number of carbonyl (C=O) groups is 1. The number of pyridine rings is 1. The molecule has 0 atom stereocenters. The summed E-state index contributed by atoms with van der Waals surface area (Å²) in [5.41, 5.74) is 2.86. The third kappa shape index (κ3) is 5.15. The highest BCUT2D eigenvalue weighted by molar-refractivity contribution is 6.32. The molecule has 132 valence electrons. The van der Waals surface area contributed by atoms with Crippen molar-refractivity contribution in [3.05, 3.63) is 64.4 Å². The average molecular weight is 356 g/mol. The molecule has 1 fully saturated rings. The van der Waals surface area contributed by atoms with E-state index >= 15 is 0 Å². The number of aryl methyl sites for hydroxylation is 2. The summed E-state index contributed by atoms with van der Waals surface area (Å²) < 4.78 is 0. The second-order valence-electron chi connectivity index (χ2n) is 7.33. The third-order valence-corrected chi connectivity index (χ3v) is 5.70. The van der Waals surface area contributed by atoms with Crippen LogP contribution in [-0.4, -0.2) is 10.8 Å². The van der Waals surface area contributed by atoms with E-state index in [2.05, 4.69) is 35.3 Å². The van der Waals surface area contributed by atoms with Crippen molar-refractivity contribution in [1.29, 1.82) is 0 Å². The minimum Gasteiger partial charge on any atom is -0.294 e. The molecule has 0 bridgehead atoms. The van der Waals surface area contributed by atoms with Gasteiger partial charge in [-0.2, -0.15) is 0 Å². The van der Waals surface area contributed by atoms with Gasteiger partial charge in [-0.1, -0.05) is 54.8 Å². The highest BCUT2D eigenvalue weighted by Gasteiger charge is 2.24. The van der Waals surface area contributed by atoms with E-state index in [0.717, 1.165) is 24.5 Å². The first-order valence-corrected chi connectivity index (χ1v) is 9.70. The van der Waals surface area contributed by atoms with Gasteiger partial charge in [0.15, 0.2) is 5.78 Å². The predicted molar refractivity (Wildman–Crippen MR) is 103 cm³/mol. The number of halogens is 1. The SMILES string of the molecule is Cc1ccc(C(=O)CC2CCC(CCc3ccccc3)CC2)c(Cl)n1. The number of hydrogen-bond donors (Lipinski definition) is 0. The molecule has 1 aromatic heterocycles. The first-order valence-electron chi connectivity index (χ1n) is 9.32. The van der Waals surface area contributed by atoms with Crippen molar-refractivity contribution in [3.8, 4) is 0 Å². The standard InChI is InChI=1S/C22H26ClNO/c1-16-7-14-20(22(23)24-16)21(25)15-19-12-10-18(11-13-19)9-8-17-5-3-2-4-6-17/h2-7,14,18-19H,8-13,15H2,1H3. The van der Waals surface area contributed by atoms with Crippen LogP contribution >= 0.6 is 11.6 Å². The van der Waals surface area contributed by atoms with Crippen LogP contribution in [0.1, 0.15) is 60.1 Å². The second kappa shape index (κ2) is 8.62. The van der Waals surface area contributed by atoms with Crippen LogP contribution in [-0.2, 0) is 6.42 Å². The van der Waals surface area contributed by atoms with Crippen LogP contribution in [0.3, 0.4) is 0 Å². The predicted octanol–water partition coefficient (Wildman–Crippen LogP) is 6.06. The Morgan fingerprint density at radius 1 is 1.04 bits per heavy atom. The van der Waals surface area contributed by atoms with Gasteiger partial charge in [0, 0.05) is 12.1 Å². The minimum absolute atomic E-state index is 0.144. The topological polar surface area (TPSA) is 30.0 Å². The maximum absolute atomic E-state index is 12.5. The number of rotatable bonds is 6. The summed E-state index contributed by atoms with van der Waals surface area (Å²) in [6, 6.07) is 14.4. The van der Waals surface area contributed by atoms with Gasteiger partial charge >= 0.3 is 0 Å². The largest absolute Gasteiger partial charge is 0.294 e. The molecule has 2 nitrogen and oxygen atoms in total. The molecule has 0 spiro atoms. The molecule has 1 aromatic carbocycles. The van der Waals surface area contributed by atoms with Gasteiger partial charge in [-0.15, -0.1) is 0 Å². The smallest absolute Gasteiger partial charge is 0.166 e. The van der Waals surface area contributed by atoms with Crippen LogP contribution in [0.15, 0.2) is 42.5 Å². The van der Waals surface area contributed by atoms with E-state index in [9.17, 15) is 4.79 Å². The number of carbonyl (C=O) groups excluding carboxylic acids is 1. The van der Waals surface area contributed by atoms with Gasteiger partial charge in [0.05, 0.1) is 5.56 Å². The summed E-state index contributed by atoms with van der Waals surface area (Å²) in [5, 5.41) is 0.349. The zero-order valence-corrected chi connectivity index (χ0v) is 15.6. The van der Waals surface area contributed by atoms with Crippen molar-refractivity contribution < 1.29 is 4.79 Å². The Labute approximate surface area is 155 Å². The molecule has 1 heterocycles. The van der Waals surface area contributed by atoms with Gasteiger partial charge in [-0.3, -0.25) is 4.79 Å². The summed E-state index contributed by atoms with van der Waals surface area (Å²) in [7, 11) is 0. The van der Waals surface area contributed by atoms with Crippen molar-refractivity contribution in [2.75, 3.05) is 0 Å². The third-order valence-electron chi connectivity index (χ3n) is 5.41. The van der Waals surface area contributed by atoms with Crippen molar-refractivity contribution >= 4 is 17.4 Å². The maximum Gasteiger partial charge on any atom is 0.166 e. The molecule has 0 radical (unpaired) electrons. The zero-order chi connectivity index (χ0) is 17.6. The quantitative estimate of drug-likeness (QED) is 0.466. The summed E-state index contributed by atoms with van der Waals surface area (Å²) in [6.45, 7) is 1.89. The molecule has 1 saturated carbocycles. The lowest BCUT2D eigenvalue weighted by Crippen LogP contribution is -2.18. The molecule has 0 aliphatic heterocycles. The first-order chi connectivity index (χ1) is 12.1. The number of Topliss-reactive ketones (excluding diaryl/α,β-unsaturated/α-hetero) is 1. The van der Waals surface area contributed by atoms with Crippen LogP contribution in [0.5, 0.6) is 0 Å². The minimum atomic E-state index is 0.144. The van der Waals surface area contributed by atoms with Crippen LogP contribution < -0.4 is 0 Å². The van der Waals surface area contributed by atoms with E-state index in [1.807, 2.05) is 19.1 Å². The van der Waals surface area contributed by atoms with E-state index in [-0.39, 0.29) is 5.78 Å². The van der Waals surface area contributed by atoms with E-state index in [1.54, 1.807) is 0 Å². The number of ketones is 1. The van der Waals surface area contributed by atoms with E-state index in [4.69, 9.17) is 11.6 Å². The Hall–Kier alpha value is -1.67. The fourth-order valence-electron chi connectivity index (χ4n) is 3.84. The van der Waals surface area contributed by atoms with Gasteiger partial charge in [0.2, 0.25) is 0 Å². The maximum atomic E-state index is 12.5. The first kappa shape index (κ1) is 18.1. The number of hydrogen-bond acceptors (Lipinski definition) is 2. The van der Waals surface area contributed by atoms with Gasteiger partial charge in [-0.05, 0) is 62.1 Å². The van der Waals surface area contributed by atoms with Gasteiger partial charge < -0.3 is 0 Å². The van der Waals surface area contributed by atoms with Crippen molar-refractivity contribution in [2.45, 2.75) is 51.9 Å². The Morgan fingerprint density at radius 2 is 1.72 bits per heavy atom. The monoisotopic (exact) mass is 355 g/mol. The lowest BCUT2D eigenvalue weighted by atomic mass is 9.77. The van der Waals surface area contributed by atoms with Crippen molar-refractivity contribution in [1.82, 2.24) is 4.98 Å². The second-order valence-corrected chi connectivity index (χ2v) is 7.69. The lowest BCUT2D eigenvalue weighted by molar-refractivity contribution is 0.0942. The number of benzene rings is 1. The molecule has 0 amide bonds. The van der Waals surface area contributed by atoms with Crippen LogP contribution in [0, 0.1) is 18.8 Å². The molecular weight excluding hydrogens is 330 g/mol. The molecular formula is C22H26ClNO. The average Bonchev–Trinajstić information content (AvgIpc) is 2.62. The van der Waals surface area contributed by atoms with Crippen molar-refractivity contribution in [2.24, 2.45) is 11.8 Å². The summed E-state index contributed by atoms with van der Waals surface area (Å²) in [6.07, 6.45) is 7.83. The fraction of sp³-hybridized carbons (Fsp3) is 0.455. The normalized spacial score (nSPS) is 20.4. The summed E-state index contributed by atoms with van der Waals surface area (Å²) in [5.74, 6) is 1.44. The fourth-order valence-corrected chi connectivity index (χ4v) is 4.15. The Balaban J connectivity index is 1.45. The molecule has 2 aromatic rings. The zero-order valence-electron chi connectivity index (χ0n) is 14.9. The summed E-state index contributed by atoms with van der Waals surface area (Å²) >= 11 is 6.13. The number of aromatic nitrogens is 1. The van der Waals surface area contributed by atoms with E-state index < -0.39 is 0 Å². The Kier molecular flexibility index (Phi) is 6.25. The molecule has 0 N–H and O–H groups in total. The van der Waals surface area contributed by atoms with Crippen LogP contribution in [0.4, 0.5) is 0 Å². The molecule has 3 heteroatoms. The Bertz CT molecular complexity index is 705. The Morgan fingerprint density at radius 3 is 2.40 bits per heavy atom. The van der Waals surface area contributed by atoms with Crippen LogP contribution in [0.25, 0.3) is 0 Å². The van der Waals surface area contributed by atoms with Gasteiger partial charge in [-0.25, -0.2) is 4.98 Å². The highest BCUT2D eigenvalue weighted by Crippen LogP contribution is 2.34. The molecule has 3 rings (SSSR count). The molecule has 0 saturated heterocycles.